The molecule has 0 aliphatic heterocycles. The molecule has 9 aromatic carbocycles. The van der Waals surface area contributed by atoms with Crippen LogP contribution in [0, 0.1) is 0 Å². The van der Waals surface area contributed by atoms with Gasteiger partial charge in [0.25, 0.3) is 0 Å². The van der Waals surface area contributed by atoms with Gasteiger partial charge in [-0.2, -0.15) is 0 Å². The summed E-state index contributed by atoms with van der Waals surface area (Å²) in [5, 5.41) is 14.1. The average molecular weight is 809 g/mol. The lowest BCUT2D eigenvalue weighted by Crippen LogP contribution is -2.37. The molecule has 0 saturated carbocycles. The molecule has 2 heterocycles. The minimum absolute atomic E-state index is 0.151. The largest absolute Gasteiger partial charge is 0.454 e. The van der Waals surface area contributed by atoms with Crippen molar-refractivity contribution in [3.05, 3.63) is 163 Å². The molecule has 61 heavy (non-hydrogen) atoms. The molecule has 0 aliphatic rings. The highest BCUT2D eigenvalue weighted by Gasteiger charge is 2.32. The molecular formula is C57H52N2OSi. The van der Waals surface area contributed by atoms with Crippen molar-refractivity contribution in [3.63, 3.8) is 0 Å². The van der Waals surface area contributed by atoms with Crippen molar-refractivity contribution in [2.24, 2.45) is 0 Å². The molecule has 0 atom stereocenters. The molecule has 3 nitrogen and oxygen atoms in total. The van der Waals surface area contributed by atoms with Gasteiger partial charge in [-0.25, -0.2) is 0 Å². The van der Waals surface area contributed by atoms with Gasteiger partial charge < -0.3 is 13.9 Å². The maximum Gasteiger partial charge on any atom is 0.159 e. The number of rotatable bonds is 5. The minimum atomic E-state index is -1.56. The van der Waals surface area contributed by atoms with Crippen LogP contribution in [0.1, 0.15) is 52.7 Å². The van der Waals surface area contributed by atoms with Gasteiger partial charge in [-0.05, 0) is 97.4 Å². The Balaban J connectivity index is 1.33. The van der Waals surface area contributed by atoms with Gasteiger partial charge >= 0.3 is 0 Å². The molecule has 0 radical (unpaired) electrons. The summed E-state index contributed by atoms with van der Waals surface area (Å²) in [4.78, 5) is 2.49. The van der Waals surface area contributed by atoms with E-state index >= 15 is 0 Å². The first-order valence-electron chi connectivity index (χ1n) is 21.8. The van der Waals surface area contributed by atoms with Gasteiger partial charge in [-0.1, -0.05) is 169 Å². The highest BCUT2D eigenvalue weighted by molar-refractivity contribution is 6.88. The quantitative estimate of drug-likeness (QED) is 0.128. The Bertz CT molecular complexity index is 3510. The van der Waals surface area contributed by atoms with Crippen LogP contribution in [-0.4, -0.2) is 12.6 Å². The molecule has 2 aromatic heterocycles. The van der Waals surface area contributed by atoms with E-state index in [1.165, 1.54) is 76.1 Å². The fourth-order valence-electron chi connectivity index (χ4n) is 10.4. The average Bonchev–Trinajstić information content (AvgIpc) is 3.79. The van der Waals surface area contributed by atoms with E-state index in [2.05, 4.69) is 222 Å². The molecule has 0 aliphatic carbocycles. The predicted octanol–water partition coefficient (Wildman–Crippen LogP) is 16.2. The third kappa shape index (κ3) is 5.61. The van der Waals surface area contributed by atoms with Crippen molar-refractivity contribution < 1.29 is 4.42 Å². The van der Waals surface area contributed by atoms with Gasteiger partial charge in [0.2, 0.25) is 0 Å². The zero-order valence-electron chi connectivity index (χ0n) is 36.7. The molecule has 0 unspecified atom stereocenters. The first kappa shape index (κ1) is 37.6. The predicted molar refractivity (Wildman–Crippen MR) is 267 cm³/mol. The molecule has 0 saturated heterocycles. The Morgan fingerprint density at radius 2 is 1.11 bits per heavy atom. The highest BCUT2D eigenvalue weighted by Crippen LogP contribution is 2.53. The zero-order chi connectivity index (χ0) is 42.2. The molecule has 4 heteroatoms. The van der Waals surface area contributed by atoms with Crippen molar-refractivity contribution in [1.82, 2.24) is 4.57 Å². The highest BCUT2D eigenvalue weighted by atomic mass is 28.3. The van der Waals surface area contributed by atoms with Crippen LogP contribution in [0.2, 0.25) is 19.6 Å². The minimum Gasteiger partial charge on any atom is -0.454 e. The van der Waals surface area contributed by atoms with Crippen molar-refractivity contribution >= 4 is 106 Å². The first-order valence-corrected chi connectivity index (χ1v) is 25.3. The van der Waals surface area contributed by atoms with Crippen molar-refractivity contribution in [3.8, 4) is 5.69 Å². The number of aromatic nitrogens is 1. The maximum atomic E-state index is 6.85. The summed E-state index contributed by atoms with van der Waals surface area (Å²) in [6.45, 7) is 21.5. The molecule has 0 spiro atoms. The van der Waals surface area contributed by atoms with E-state index in [9.17, 15) is 0 Å². The molecule has 11 aromatic rings. The Hall–Kier alpha value is -6.36. The Morgan fingerprint density at radius 3 is 1.84 bits per heavy atom. The topological polar surface area (TPSA) is 21.3 Å². The second kappa shape index (κ2) is 13.1. The maximum absolute atomic E-state index is 6.85. The van der Waals surface area contributed by atoms with Crippen LogP contribution < -0.4 is 10.1 Å². The summed E-state index contributed by atoms with van der Waals surface area (Å²) in [6.07, 6.45) is 0. The SMILES string of the molecule is CC(C)(C)c1cc(N(c2ccc([Si](C)(C)C)cc2)c2cccc3c2oc2ccccc23)c2ccc3c(C(C)(C)C)c4c(c5ccc1c2c35)c1ccccc1n4-c1ccccc1. The molecular weight excluding hydrogens is 757 g/mol. The van der Waals surface area contributed by atoms with Gasteiger partial charge in [0.15, 0.2) is 5.58 Å². The van der Waals surface area contributed by atoms with E-state index < -0.39 is 8.07 Å². The summed E-state index contributed by atoms with van der Waals surface area (Å²) in [5.74, 6) is 0. The molecule has 0 bridgehead atoms. The number of benzene rings is 9. The van der Waals surface area contributed by atoms with Crippen LogP contribution in [0.25, 0.3) is 81.7 Å². The number of furan rings is 1. The fraction of sp³-hybridized carbons (Fsp3) is 0.193. The molecule has 0 fully saturated rings. The third-order valence-corrected chi connectivity index (χ3v) is 15.2. The van der Waals surface area contributed by atoms with E-state index in [4.69, 9.17) is 4.42 Å². The van der Waals surface area contributed by atoms with Crippen LogP contribution in [0.4, 0.5) is 17.1 Å². The summed E-state index contributed by atoms with van der Waals surface area (Å²) < 4.78 is 9.37. The monoisotopic (exact) mass is 808 g/mol. The van der Waals surface area contributed by atoms with Crippen LogP contribution in [-0.2, 0) is 10.8 Å². The Kier molecular flexibility index (Phi) is 8.06. The Morgan fingerprint density at radius 1 is 0.492 bits per heavy atom. The standard InChI is InChI=1S/C57H52N2OSi/c1-56(2,3)45-34-48(58(36-26-28-37(29-27-36)61(7,8)9)47-24-17-22-39-38-20-14-16-25-49(38)60-55(39)47)42-31-33-44-51-43(32-30-40(45)50(42)51)52-41-21-13-15-23-46(41)59(35-18-11-10-12-19-35)54(52)53(44)57(4,5)6/h10-34H,1-9H3. The van der Waals surface area contributed by atoms with Crippen molar-refractivity contribution in [1.29, 1.82) is 0 Å². The second-order valence-electron chi connectivity index (χ2n) is 20.2. The number of anilines is 3. The summed E-state index contributed by atoms with van der Waals surface area (Å²) in [6, 6.07) is 56.6. The Labute approximate surface area is 359 Å². The van der Waals surface area contributed by atoms with Crippen LogP contribution in [0.3, 0.4) is 0 Å². The normalized spacial score (nSPS) is 13.0. The van der Waals surface area contributed by atoms with E-state index in [0.29, 0.717) is 0 Å². The van der Waals surface area contributed by atoms with Gasteiger partial charge in [0.1, 0.15) is 5.58 Å². The lowest BCUT2D eigenvalue weighted by atomic mass is 9.77. The van der Waals surface area contributed by atoms with Crippen LogP contribution in [0.5, 0.6) is 0 Å². The van der Waals surface area contributed by atoms with E-state index in [-0.39, 0.29) is 10.8 Å². The summed E-state index contributed by atoms with van der Waals surface area (Å²) >= 11 is 0. The zero-order valence-corrected chi connectivity index (χ0v) is 37.7. The lowest BCUT2D eigenvalue weighted by Gasteiger charge is -2.32. The third-order valence-electron chi connectivity index (χ3n) is 13.1. The number of nitrogens with zero attached hydrogens (tertiary/aromatic N) is 2. The van der Waals surface area contributed by atoms with Gasteiger partial charge in [0, 0.05) is 38.3 Å². The van der Waals surface area contributed by atoms with E-state index in [1.807, 2.05) is 0 Å². The van der Waals surface area contributed by atoms with Crippen molar-refractivity contribution in [2.75, 3.05) is 4.90 Å². The van der Waals surface area contributed by atoms with E-state index in [0.717, 1.165) is 39.0 Å². The number of hydrogen-bond acceptors (Lipinski definition) is 2. The first-order chi connectivity index (χ1) is 29.2. The fourth-order valence-corrected chi connectivity index (χ4v) is 11.5. The number of hydrogen-bond donors (Lipinski definition) is 0. The molecule has 0 N–H and O–H groups in total. The second-order valence-corrected chi connectivity index (χ2v) is 25.3. The molecule has 0 amide bonds. The van der Waals surface area contributed by atoms with Gasteiger partial charge in [0.05, 0.1) is 30.5 Å². The molecule has 11 rings (SSSR count). The van der Waals surface area contributed by atoms with Crippen molar-refractivity contribution in [2.45, 2.75) is 72.0 Å². The smallest absolute Gasteiger partial charge is 0.159 e. The number of fused-ring (bicyclic) bond motifs is 7. The van der Waals surface area contributed by atoms with Crippen LogP contribution in [0.15, 0.2) is 156 Å². The van der Waals surface area contributed by atoms with E-state index in [1.54, 1.807) is 0 Å². The molecule has 300 valence electrons. The summed E-state index contributed by atoms with van der Waals surface area (Å²) in [5.41, 5.74) is 11.2. The lowest BCUT2D eigenvalue weighted by molar-refractivity contribution is 0.596. The summed E-state index contributed by atoms with van der Waals surface area (Å²) in [7, 11) is -1.56. The van der Waals surface area contributed by atoms with Gasteiger partial charge in [-0.3, -0.25) is 0 Å². The van der Waals surface area contributed by atoms with Crippen LogP contribution >= 0.6 is 0 Å². The van der Waals surface area contributed by atoms with Gasteiger partial charge in [-0.15, -0.1) is 0 Å². The number of para-hydroxylation sites is 4.